The van der Waals surface area contributed by atoms with Crippen molar-refractivity contribution in [2.75, 3.05) is 13.6 Å². The first-order valence-electron chi connectivity index (χ1n) is 9.65. The van der Waals surface area contributed by atoms with Gasteiger partial charge in [0, 0.05) is 25.2 Å². The number of piperidine rings is 1. The Hall–Kier alpha value is -1.63. The maximum absolute atomic E-state index is 12.9. The number of urea groups is 1. The van der Waals surface area contributed by atoms with Crippen LogP contribution >= 0.6 is 0 Å². The second-order valence-corrected chi connectivity index (χ2v) is 8.20. The smallest absolute Gasteiger partial charge is 0.327 e. The van der Waals surface area contributed by atoms with Crippen LogP contribution in [-0.2, 0) is 9.59 Å². The molecule has 0 aromatic rings. The number of carbonyl (C=O) groups is 3. The fourth-order valence-electron chi connectivity index (χ4n) is 5.26. The van der Waals surface area contributed by atoms with Crippen LogP contribution in [0.1, 0.15) is 57.8 Å². The highest BCUT2D eigenvalue weighted by atomic mass is 16.2. The van der Waals surface area contributed by atoms with Crippen LogP contribution in [0.4, 0.5) is 4.79 Å². The zero-order valence-electron chi connectivity index (χ0n) is 14.9. The van der Waals surface area contributed by atoms with Gasteiger partial charge in [0.15, 0.2) is 0 Å². The Bertz CT molecular complexity index is 575. The van der Waals surface area contributed by atoms with Crippen LogP contribution in [0.2, 0.25) is 0 Å². The molecule has 1 saturated carbocycles. The van der Waals surface area contributed by atoms with Gasteiger partial charge in [-0.25, -0.2) is 4.79 Å². The highest BCUT2D eigenvalue weighted by molar-refractivity contribution is 6.08. The summed E-state index contributed by atoms with van der Waals surface area (Å²) in [4.78, 5) is 40.7. The van der Waals surface area contributed by atoms with Gasteiger partial charge in [0.2, 0.25) is 5.91 Å². The van der Waals surface area contributed by atoms with Crippen molar-refractivity contribution < 1.29 is 14.4 Å². The van der Waals surface area contributed by atoms with Crippen LogP contribution < -0.4 is 10.6 Å². The molecule has 0 aromatic heterocycles. The maximum Gasteiger partial charge on any atom is 0.327 e. The normalized spacial score (nSPS) is 34.0. The van der Waals surface area contributed by atoms with Gasteiger partial charge >= 0.3 is 6.03 Å². The molecule has 25 heavy (non-hydrogen) atoms. The second kappa shape index (κ2) is 6.27. The zero-order chi connectivity index (χ0) is 17.6. The average molecular weight is 348 g/mol. The topological polar surface area (TPSA) is 81.8 Å². The molecule has 2 unspecified atom stereocenters. The first kappa shape index (κ1) is 16.8. The summed E-state index contributed by atoms with van der Waals surface area (Å²) < 4.78 is 0. The zero-order valence-corrected chi connectivity index (χ0v) is 14.9. The van der Waals surface area contributed by atoms with Gasteiger partial charge in [-0.1, -0.05) is 19.3 Å². The van der Waals surface area contributed by atoms with Crippen molar-refractivity contribution in [3.63, 3.8) is 0 Å². The lowest BCUT2D eigenvalue weighted by atomic mass is 9.81. The van der Waals surface area contributed by atoms with Gasteiger partial charge in [0.05, 0.1) is 0 Å². The van der Waals surface area contributed by atoms with Crippen LogP contribution in [0.3, 0.4) is 0 Å². The van der Waals surface area contributed by atoms with Gasteiger partial charge in [0.1, 0.15) is 12.1 Å². The molecule has 1 aliphatic carbocycles. The third-order valence-electron chi connectivity index (χ3n) is 6.62. The lowest BCUT2D eigenvalue weighted by Crippen LogP contribution is -2.51. The lowest BCUT2D eigenvalue weighted by Gasteiger charge is -2.35. The molecular weight excluding hydrogens is 320 g/mol. The van der Waals surface area contributed by atoms with E-state index in [0.717, 1.165) is 37.0 Å². The number of likely N-dealkylation sites (N-methyl/N-ethyl adjacent to an activating group) is 1. The summed E-state index contributed by atoms with van der Waals surface area (Å²) in [5.41, 5.74) is -0.705. The van der Waals surface area contributed by atoms with Gasteiger partial charge < -0.3 is 15.5 Å². The average Bonchev–Trinajstić information content (AvgIpc) is 3.03. The first-order valence-corrected chi connectivity index (χ1v) is 9.65. The van der Waals surface area contributed by atoms with Crippen molar-refractivity contribution in [3.05, 3.63) is 0 Å². The van der Waals surface area contributed by atoms with Gasteiger partial charge in [-0.3, -0.25) is 14.5 Å². The van der Waals surface area contributed by atoms with E-state index in [-0.39, 0.29) is 30.4 Å². The number of hydrogen-bond donors (Lipinski definition) is 2. The fraction of sp³-hybridized carbons (Fsp3) is 0.833. The molecule has 4 aliphatic rings. The van der Waals surface area contributed by atoms with E-state index < -0.39 is 5.54 Å². The highest BCUT2D eigenvalue weighted by Gasteiger charge is 2.55. The minimum Gasteiger partial charge on any atom is -0.352 e. The molecule has 3 aliphatic heterocycles. The number of fused-ring (bicyclic) bond motifs is 2. The summed E-state index contributed by atoms with van der Waals surface area (Å²) in [7, 11) is 1.70. The van der Waals surface area contributed by atoms with E-state index in [1.165, 1.54) is 12.8 Å². The number of carbonyl (C=O) groups excluding carboxylic acids is 3. The Labute approximate surface area is 148 Å². The molecule has 2 bridgehead atoms. The number of nitrogens with zero attached hydrogens (tertiary/aromatic N) is 2. The molecule has 2 atom stereocenters. The van der Waals surface area contributed by atoms with Crippen molar-refractivity contribution in [2.24, 2.45) is 0 Å². The molecule has 0 radical (unpaired) electrons. The highest BCUT2D eigenvalue weighted by Crippen LogP contribution is 2.39. The summed E-state index contributed by atoms with van der Waals surface area (Å²) in [5, 5.41) is 6.60. The van der Waals surface area contributed by atoms with Crippen molar-refractivity contribution in [2.45, 2.75) is 81.5 Å². The van der Waals surface area contributed by atoms with Crippen LogP contribution in [0.25, 0.3) is 0 Å². The largest absolute Gasteiger partial charge is 0.352 e. The molecule has 7 nitrogen and oxygen atoms in total. The maximum atomic E-state index is 12.9. The predicted octanol–water partition coefficient (Wildman–Crippen LogP) is 0.982. The van der Waals surface area contributed by atoms with E-state index in [4.69, 9.17) is 0 Å². The molecule has 2 N–H and O–H groups in total. The Morgan fingerprint density at radius 1 is 1.16 bits per heavy atom. The van der Waals surface area contributed by atoms with Crippen molar-refractivity contribution in [1.29, 1.82) is 0 Å². The van der Waals surface area contributed by atoms with Gasteiger partial charge in [-0.15, -0.1) is 0 Å². The molecule has 7 heteroatoms. The molecule has 4 fully saturated rings. The Balaban J connectivity index is 1.39. The quantitative estimate of drug-likeness (QED) is 0.745. The second-order valence-electron chi connectivity index (χ2n) is 8.20. The summed E-state index contributed by atoms with van der Waals surface area (Å²) in [5.74, 6) is -0.394. The molecule has 3 saturated heterocycles. The van der Waals surface area contributed by atoms with E-state index in [1.54, 1.807) is 11.9 Å². The third kappa shape index (κ3) is 2.82. The molecule has 138 valence electrons. The van der Waals surface area contributed by atoms with E-state index in [9.17, 15) is 14.4 Å². The van der Waals surface area contributed by atoms with Gasteiger partial charge in [0.25, 0.3) is 5.91 Å². The van der Waals surface area contributed by atoms with E-state index in [0.29, 0.717) is 24.9 Å². The first-order chi connectivity index (χ1) is 12.0. The van der Waals surface area contributed by atoms with Crippen LogP contribution in [0, 0.1) is 0 Å². The molecule has 4 amide bonds. The number of amides is 4. The molecule has 0 aromatic carbocycles. The Morgan fingerprint density at radius 2 is 1.80 bits per heavy atom. The Morgan fingerprint density at radius 3 is 2.44 bits per heavy atom. The number of rotatable bonds is 3. The van der Waals surface area contributed by atoms with E-state index in [2.05, 4.69) is 10.6 Å². The van der Waals surface area contributed by atoms with Crippen LogP contribution in [0.5, 0.6) is 0 Å². The lowest BCUT2D eigenvalue weighted by molar-refractivity contribution is -0.137. The molecule has 1 spiro atoms. The van der Waals surface area contributed by atoms with Crippen molar-refractivity contribution in [1.82, 2.24) is 20.4 Å². The number of imide groups is 1. The Kier molecular flexibility index (Phi) is 4.22. The van der Waals surface area contributed by atoms with Crippen LogP contribution in [0.15, 0.2) is 0 Å². The van der Waals surface area contributed by atoms with E-state index in [1.807, 2.05) is 0 Å². The SMILES string of the molecule is CN1C(=O)N(CC(=O)NC2CC3CCC(C2)N3)C(=O)C12CCCCC2. The minimum atomic E-state index is -0.705. The van der Waals surface area contributed by atoms with E-state index >= 15 is 0 Å². The summed E-state index contributed by atoms with van der Waals surface area (Å²) >= 11 is 0. The van der Waals surface area contributed by atoms with Gasteiger partial charge in [-0.2, -0.15) is 0 Å². The number of nitrogens with one attached hydrogen (secondary N) is 2. The van der Waals surface area contributed by atoms with Crippen molar-refractivity contribution >= 4 is 17.8 Å². The van der Waals surface area contributed by atoms with Crippen molar-refractivity contribution in [3.8, 4) is 0 Å². The molecule has 3 heterocycles. The minimum absolute atomic E-state index is 0.150. The monoisotopic (exact) mass is 348 g/mol. The fourth-order valence-corrected chi connectivity index (χ4v) is 5.26. The third-order valence-corrected chi connectivity index (χ3v) is 6.62. The summed E-state index contributed by atoms with van der Waals surface area (Å²) in [6, 6.07) is 0.819. The summed E-state index contributed by atoms with van der Waals surface area (Å²) in [6.07, 6.45) is 8.68. The predicted molar refractivity (Wildman–Crippen MR) is 91.8 cm³/mol. The standard InChI is InChI=1S/C18H28N4O3/c1-21-17(25)22(16(24)18(21)7-3-2-4-8-18)11-15(23)20-14-9-12-5-6-13(10-14)19-12/h12-14,19H,2-11H2,1H3,(H,20,23). The van der Waals surface area contributed by atoms with Gasteiger partial charge in [-0.05, 0) is 38.5 Å². The van der Waals surface area contributed by atoms with Crippen LogP contribution in [-0.4, -0.2) is 64.9 Å². The molecule has 4 rings (SSSR count). The number of hydrogen-bond acceptors (Lipinski definition) is 4. The summed E-state index contributed by atoms with van der Waals surface area (Å²) in [6.45, 7) is -0.150. The molecular formula is C18H28N4O3.